The number of carbonyl (C=O) groups is 1. The monoisotopic (exact) mass is 292 g/mol. The minimum absolute atomic E-state index is 0.123. The Kier molecular flexibility index (Phi) is 4.67. The molecule has 1 heterocycles. The first-order chi connectivity index (χ1) is 9.82. The molecule has 1 aliphatic rings. The number of nitrogens with zero attached hydrogens (tertiary/aromatic N) is 1. The molecular formula is C17H25FN2O. The van der Waals surface area contributed by atoms with Crippen LogP contribution in [0.1, 0.15) is 38.8 Å². The maximum Gasteiger partial charge on any atom is 0.223 e. The second-order valence-corrected chi connectivity index (χ2v) is 6.93. The van der Waals surface area contributed by atoms with Gasteiger partial charge in [-0.25, -0.2) is 4.39 Å². The smallest absolute Gasteiger partial charge is 0.223 e. The van der Waals surface area contributed by atoms with Crippen LogP contribution in [0.25, 0.3) is 0 Å². The van der Waals surface area contributed by atoms with Crippen molar-refractivity contribution in [2.24, 2.45) is 11.3 Å². The summed E-state index contributed by atoms with van der Waals surface area (Å²) in [6.45, 7) is 7.78. The average molecular weight is 292 g/mol. The van der Waals surface area contributed by atoms with E-state index in [1.54, 1.807) is 19.2 Å². The van der Waals surface area contributed by atoms with Gasteiger partial charge in [0, 0.05) is 25.1 Å². The molecule has 4 heteroatoms. The van der Waals surface area contributed by atoms with Gasteiger partial charge in [0.25, 0.3) is 0 Å². The van der Waals surface area contributed by atoms with Crippen LogP contribution in [-0.2, 0) is 4.79 Å². The van der Waals surface area contributed by atoms with Gasteiger partial charge in [-0.3, -0.25) is 4.79 Å². The lowest BCUT2D eigenvalue weighted by Crippen LogP contribution is -2.36. The first-order valence-electron chi connectivity index (χ1n) is 7.52. The van der Waals surface area contributed by atoms with Gasteiger partial charge in [-0.1, -0.05) is 39.0 Å². The normalized spacial score (nSPS) is 20.9. The van der Waals surface area contributed by atoms with Crippen molar-refractivity contribution in [1.82, 2.24) is 10.2 Å². The Morgan fingerprint density at radius 1 is 1.38 bits per heavy atom. The number of benzene rings is 1. The number of amides is 1. The van der Waals surface area contributed by atoms with Crippen LogP contribution in [-0.4, -0.2) is 30.9 Å². The maximum absolute atomic E-state index is 13.9. The maximum atomic E-state index is 13.9. The number of likely N-dealkylation sites (N-methyl/N-ethyl adjacent to an activating group) is 1. The lowest BCUT2D eigenvalue weighted by atomic mass is 9.80. The first-order valence-corrected chi connectivity index (χ1v) is 7.52. The summed E-state index contributed by atoms with van der Waals surface area (Å²) >= 11 is 0. The van der Waals surface area contributed by atoms with Crippen LogP contribution in [0, 0.1) is 17.2 Å². The van der Waals surface area contributed by atoms with Crippen LogP contribution in [0.2, 0.25) is 0 Å². The van der Waals surface area contributed by atoms with Gasteiger partial charge >= 0.3 is 0 Å². The molecule has 0 aromatic heterocycles. The quantitative estimate of drug-likeness (QED) is 0.925. The van der Waals surface area contributed by atoms with Crippen molar-refractivity contribution in [3.8, 4) is 0 Å². The summed E-state index contributed by atoms with van der Waals surface area (Å²) in [6, 6.07) is 6.57. The number of rotatable bonds is 4. The van der Waals surface area contributed by atoms with Crippen LogP contribution in [0.3, 0.4) is 0 Å². The van der Waals surface area contributed by atoms with Gasteiger partial charge in [-0.15, -0.1) is 0 Å². The van der Waals surface area contributed by atoms with Crippen LogP contribution in [0.15, 0.2) is 24.3 Å². The molecule has 116 valence electrons. The van der Waals surface area contributed by atoms with Crippen molar-refractivity contribution < 1.29 is 9.18 Å². The van der Waals surface area contributed by atoms with Crippen molar-refractivity contribution in [2.75, 3.05) is 20.1 Å². The summed E-state index contributed by atoms with van der Waals surface area (Å²) < 4.78 is 13.9. The standard InChI is InChI=1S/C17H25FN2O/c1-17(2,3)12-9-16(21)20(10-12)11-15(19-4)13-7-5-6-8-14(13)18/h5-8,12,15,19H,9-11H2,1-4H3. The third-order valence-electron chi connectivity index (χ3n) is 4.47. The zero-order valence-electron chi connectivity index (χ0n) is 13.3. The molecule has 1 aliphatic heterocycles. The largest absolute Gasteiger partial charge is 0.340 e. The fraction of sp³-hybridized carbons (Fsp3) is 0.588. The third-order valence-corrected chi connectivity index (χ3v) is 4.47. The van der Waals surface area contributed by atoms with Gasteiger partial charge < -0.3 is 10.2 Å². The molecule has 1 saturated heterocycles. The van der Waals surface area contributed by atoms with Gasteiger partial charge in [0.1, 0.15) is 5.82 Å². The van der Waals surface area contributed by atoms with E-state index >= 15 is 0 Å². The highest BCUT2D eigenvalue weighted by Crippen LogP contribution is 2.35. The van der Waals surface area contributed by atoms with Crippen LogP contribution in [0.4, 0.5) is 4.39 Å². The molecule has 1 fully saturated rings. The summed E-state index contributed by atoms with van der Waals surface area (Å²) in [5.74, 6) is 0.311. The molecule has 2 atom stereocenters. The number of carbonyl (C=O) groups excluding carboxylic acids is 1. The molecule has 2 rings (SSSR count). The zero-order chi connectivity index (χ0) is 15.6. The predicted octanol–water partition coefficient (Wildman–Crippen LogP) is 2.98. The highest BCUT2D eigenvalue weighted by Gasteiger charge is 2.37. The van der Waals surface area contributed by atoms with E-state index in [2.05, 4.69) is 26.1 Å². The SMILES string of the molecule is CNC(CN1CC(C(C)(C)C)CC1=O)c1ccccc1F. The van der Waals surface area contributed by atoms with E-state index in [1.165, 1.54) is 6.07 Å². The second-order valence-electron chi connectivity index (χ2n) is 6.93. The Labute approximate surface area is 126 Å². The minimum Gasteiger partial charge on any atom is -0.340 e. The summed E-state index contributed by atoms with van der Waals surface area (Å²) in [4.78, 5) is 14.1. The van der Waals surface area contributed by atoms with Gasteiger partial charge in [-0.2, -0.15) is 0 Å². The van der Waals surface area contributed by atoms with E-state index in [0.29, 0.717) is 24.4 Å². The molecule has 0 bridgehead atoms. The number of nitrogens with one attached hydrogen (secondary N) is 1. The first kappa shape index (κ1) is 16.0. The number of likely N-dealkylation sites (tertiary alicyclic amines) is 1. The van der Waals surface area contributed by atoms with Gasteiger partial charge in [-0.05, 0) is 24.4 Å². The Balaban J connectivity index is 2.10. The second kappa shape index (κ2) is 6.14. The molecule has 0 aliphatic carbocycles. The molecule has 1 amide bonds. The molecule has 1 N–H and O–H groups in total. The highest BCUT2D eigenvalue weighted by molar-refractivity contribution is 5.78. The Bertz CT molecular complexity index is 510. The van der Waals surface area contributed by atoms with Gasteiger partial charge in [0.15, 0.2) is 0 Å². The van der Waals surface area contributed by atoms with Crippen molar-refractivity contribution in [3.63, 3.8) is 0 Å². The van der Waals surface area contributed by atoms with E-state index in [-0.39, 0.29) is 23.2 Å². The topological polar surface area (TPSA) is 32.3 Å². The molecule has 3 nitrogen and oxygen atoms in total. The molecule has 0 saturated carbocycles. The van der Waals surface area contributed by atoms with E-state index in [9.17, 15) is 9.18 Å². The third kappa shape index (κ3) is 3.62. The number of halogens is 1. The van der Waals surface area contributed by atoms with Crippen molar-refractivity contribution >= 4 is 5.91 Å². The summed E-state index contributed by atoms with van der Waals surface area (Å²) in [5, 5.41) is 3.13. The predicted molar refractivity (Wildman–Crippen MR) is 82.3 cm³/mol. The number of hydrogen-bond donors (Lipinski definition) is 1. The van der Waals surface area contributed by atoms with Gasteiger partial charge in [0.2, 0.25) is 5.91 Å². The lowest BCUT2D eigenvalue weighted by Gasteiger charge is -2.28. The molecule has 21 heavy (non-hydrogen) atoms. The number of hydrogen-bond acceptors (Lipinski definition) is 2. The summed E-state index contributed by atoms with van der Waals surface area (Å²) in [6.07, 6.45) is 0.594. The Hall–Kier alpha value is -1.42. The van der Waals surface area contributed by atoms with E-state index in [1.807, 2.05) is 11.0 Å². The van der Waals surface area contributed by atoms with Crippen molar-refractivity contribution in [1.29, 1.82) is 0 Å². The molecule has 1 aromatic rings. The van der Waals surface area contributed by atoms with Crippen LogP contribution >= 0.6 is 0 Å². The van der Waals surface area contributed by atoms with Crippen LogP contribution < -0.4 is 5.32 Å². The van der Waals surface area contributed by atoms with Gasteiger partial charge in [0.05, 0.1) is 6.04 Å². The Morgan fingerprint density at radius 2 is 2.05 bits per heavy atom. The van der Waals surface area contributed by atoms with E-state index in [0.717, 1.165) is 6.54 Å². The van der Waals surface area contributed by atoms with Crippen LogP contribution in [0.5, 0.6) is 0 Å². The molecular weight excluding hydrogens is 267 g/mol. The van der Waals surface area contributed by atoms with Crippen molar-refractivity contribution in [3.05, 3.63) is 35.6 Å². The zero-order valence-corrected chi connectivity index (χ0v) is 13.3. The van der Waals surface area contributed by atoms with E-state index < -0.39 is 0 Å². The Morgan fingerprint density at radius 3 is 2.57 bits per heavy atom. The molecule has 0 radical (unpaired) electrons. The average Bonchev–Trinajstić information content (AvgIpc) is 2.78. The summed E-state index contributed by atoms with van der Waals surface area (Å²) in [5.41, 5.74) is 0.740. The highest BCUT2D eigenvalue weighted by atomic mass is 19.1. The van der Waals surface area contributed by atoms with E-state index in [4.69, 9.17) is 0 Å². The summed E-state index contributed by atoms with van der Waals surface area (Å²) in [7, 11) is 1.80. The molecule has 1 aromatic carbocycles. The minimum atomic E-state index is -0.226. The van der Waals surface area contributed by atoms with Crippen molar-refractivity contribution in [2.45, 2.75) is 33.2 Å². The lowest BCUT2D eigenvalue weighted by molar-refractivity contribution is -0.128. The fourth-order valence-electron chi connectivity index (χ4n) is 2.85. The fourth-order valence-corrected chi connectivity index (χ4v) is 2.85. The molecule has 2 unspecified atom stereocenters. The molecule has 0 spiro atoms.